The van der Waals surface area contributed by atoms with E-state index < -0.39 is 16.7 Å². The molecule has 0 aliphatic carbocycles. The van der Waals surface area contributed by atoms with Crippen LogP contribution in [-0.4, -0.2) is 19.6 Å². The fraction of sp³-hybridized carbons (Fsp3) is 0.273. The van der Waals surface area contributed by atoms with Crippen LogP contribution in [0.2, 0.25) is 0 Å². The van der Waals surface area contributed by atoms with Crippen molar-refractivity contribution >= 4 is 22.8 Å². The predicted molar refractivity (Wildman–Crippen MR) is 67.3 cm³/mol. The van der Waals surface area contributed by atoms with Crippen molar-refractivity contribution in [2.24, 2.45) is 14.1 Å². The van der Waals surface area contributed by atoms with Crippen molar-refractivity contribution < 1.29 is 4.79 Å². The van der Waals surface area contributed by atoms with Crippen LogP contribution in [0.5, 0.6) is 0 Å². The summed E-state index contributed by atoms with van der Waals surface area (Å²) in [6, 6.07) is 1.19. The number of amides is 1. The number of nitrogens with one attached hydrogen (secondary N) is 1. The van der Waals surface area contributed by atoms with Gasteiger partial charge in [0.2, 0.25) is 5.91 Å². The van der Waals surface area contributed by atoms with E-state index in [9.17, 15) is 19.2 Å². The molecule has 2 aromatic heterocycles. The molecule has 1 aliphatic rings. The molecule has 0 saturated carbocycles. The number of aromatic nitrogens is 3. The summed E-state index contributed by atoms with van der Waals surface area (Å²) in [5, 5.41) is 2.42. The molecule has 0 atom stereocenters. The average Bonchev–Trinajstić information content (AvgIpc) is 2.72. The Morgan fingerprint density at radius 3 is 2.47 bits per heavy atom. The normalized spacial score (nSPS) is 13.7. The standard InChI is InChI=1S/C11H10N4O4/c1-13-9-8(10(18)14(2)11(13)19)5(16)3-6-12-7(17)4-15(6)9/h3H,4H2,1-2H3,(H,12,17). The van der Waals surface area contributed by atoms with Gasteiger partial charge < -0.3 is 9.88 Å². The number of nitrogens with zero attached hydrogens (tertiary/aromatic N) is 3. The van der Waals surface area contributed by atoms with Crippen molar-refractivity contribution in [3.8, 4) is 0 Å². The van der Waals surface area contributed by atoms with Crippen LogP contribution in [0.1, 0.15) is 0 Å². The molecule has 0 radical (unpaired) electrons. The lowest BCUT2D eigenvalue weighted by molar-refractivity contribution is -0.115. The molecule has 19 heavy (non-hydrogen) atoms. The Bertz CT molecular complexity index is 915. The van der Waals surface area contributed by atoms with E-state index in [1.165, 1.54) is 29.3 Å². The topological polar surface area (TPSA) is 95.1 Å². The van der Waals surface area contributed by atoms with Crippen LogP contribution in [0, 0.1) is 0 Å². The highest BCUT2D eigenvalue weighted by molar-refractivity contribution is 5.96. The minimum atomic E-state index is -0.655. The first kappa shape index (κ1) is 11.5. The lowest BCUT2D eigenvalue weighted by atomic mass is 10.3. The second-order valence-corrected chi connectivity index (χ2v) is 4.43. The summed E-state index contributed by atoms with van der Waals surface area (Å²) in [5.41, 5.74) is -1.55. The van der Waals surface area contributed by atoms with Crippen molar-refractivity contribution in [2.75, 3.05) is 5.32 Å². The minimum Gasteiger partial charge on any atom is -0.310 e. The molecular formula is C11H10N4O4. The van der Waals surface area contributed by atoms with E-state index in [0.29, 0.717) is 5.82 Å². The number of hydrogen-bond acceptors (Lipinski definition) is 4. The van der Waals surface area contributed by atoms with Crippen molar-refractivity contribution in [1.82, 2.24) is 13.7 Å². The first-order chi connectivity index (χ1) is 8.91. The summed E-state index contributed by atoms with van der Waals surface area (Å²) in [6.07, 6.45) is 0. The molecule has 0 aromatic carbocycles. The van der Waals surface area contributed by atoms with Gasteiger partial charge in [-0.25, -0.2) is 4.79 Å². The molecule has 0 unspecified atom stereocenters. The highest BCUT2D eigenvalue weighted by Gasteiger charge is 2.23. The van der Waals surface area contributed by atoms with Crippen LogP contribution in [-0.2, 0) is 25.4 Å². The summed E-state index contributed by atoms with van der Waals surface area (Å²) in [7, 11) is 2.77. The fourth-order valence-electron chi connectivity index (χ4n) is 2.34. The number of anilines is 1. The molecule has 3 rings (SSSR count). The minimum absolute atomic E-state index is 0.0213. The number of pyridine rings is 1. The molecular weight excluding hydrogens is 252 g/mol. The van der Waals surface area contributed by atoms with Crippen molar-refractivity contribution in [3.63, 3.8) is 0 Å². The zero-order chi connectivity index (χ0) is 13.9. The zero-order valence-electron chi connectivity index (χ0n) is 10.3. The van der Waals surface area contributed by atoms with Crippen LogP contribution in [0.25, 0.3) is 11.0 Å². The van der Waals surface area contributed by atoms with Gasteiger partial charge in [0.25, 0.3) is 5.56 Å². The predicted octanol–water partition coefficient (Wildman–Crippen LogP) is -1.65. The molecule has 0 saturated heterocycles. The van der Waals surface area contributed by atoms with Gasteiger partial charge >= 0.3 is 5.69 Å². The van der Waals surface area contributed by atoms with Gasteiger partial charge in [0, 0.05) is 20.2 Å². The quantitative estimate of drug-likeness (QED) is 0.615. The van der Waals surface area contributed by atoms with Gasteiger partial charge in [-0.1, -0.05) is 0 Å². The van der Waals surface area contributed by atoms with Crippen molar-refractivity contribution in [3.05, 3.63) is 37.1 Å². The van der Waals surface area contributed by atoms with E-state index in [1.54, 1.807) is 0 Å². The summed E-state index contributed by atoms with van der Waals surface area (Å²) in [5.74, 6) is 0.00535. The Labute approximate surface area is 105 Å². The lowest BCUT2D eigenvalue weighted by Gasteiger charge is -2.11. The van der Waals surface area contributed by atoms with E-state index in [2.05, 4.69) is 5.32 Å². The smallest absolute Gasteiger partial charge is 0.310 e. The van der Waals surface area contributed by atoms with Gasteiger partial charge in [-0.15, -0.1) is 0 Å². The Kier molecular flexibility index (Phi) is 2.07. The van der Waals surface area contributed by atoms with Crippen LogP contribution < -0.4 is 22.0 Å². The molecule has 1 amide bonds. The van der Waals surface area contributed by atoms with Gasteiger partial charge in [-0.3, -0.25) is 23.5 Å². The van der Waals surface area contributed by atoms with E-state index in [1.807, 2.05) is 0 Å². The third kappa shape index (κ3) is 1.33. The molecule has 3 heterocycles. The molecule has 0 fully saturated rings. The fourth-order valence-corrected chi connectivity index (χ4v) is 2.34. The average molecular weight is 262 g/mol. The first-order valence-corrected chi connectivity index (χ1v) is 5.55. The number of carbonyl (C=O) groups excluding carboxylic acids is 1. The van der Waals surface area contributed by atoms with Gasteiger partial charge in [-0.05, 0) is 0 Å². The Morgan fingerprint density at radius 2 is 1.79 bits per heavy atom. The summed E-state index contributed by atoms with van der Waals surface area (Å²) in [6.45, 7) is -0.0213. The Hall–Kier alpha value is -2.64. The summed E-state index contributed by atoms with van der Waals surface area (Å²) in [4.78, 5) is 47.3. The van der Waals surface area contributed by atoms with Crippen LogP contribution in [0.4, 0.5) is 5.82 Å². The Morgan fingerprint density at radius 1 is 1.11 bits per heavy atom. The second-order valence-electron chi connectivity index (χ2n) is 4.43. The van der Waals surface area contributed by atoms with E-state index in [-0.39, 0.29) is 23.5 Å². The number of fused-ring (bicyclic) bond motifs is 3. The maximum Gasteiger partial charge on any atom is 0.332 e. The summed E-state index contributed by atoms with van der Waals surface area (Å²) < 4.78 is 3.53. The van der Waals surface area contributed by atoms with E-state index >= 15 is 0 Å². The molecule has 0 spiro atoms. The molecule has 1 aliphatic heterocycles. The number of rotatable bonds is 0. The number of hydrogen-bond donors (Lipinski definition) is 1. The molecule has 0 bridgehead atoms. The monoisotopic (exact) mass is 262 g/mol. The maximum atomic E-state index is 12.0. The second kappa shape index (κ2) is 3.44. The molecule has 2 aromatic rings. The lowest BCUT2D eigenvalue weighted by Crippen LogP contribution is -2.40. The zero-order valence-corrected chi connectivity index (χ0v) is 10.3. The number of carbonyl (C=O) groups is 1. The van der Waals surface area contributed by atoms with Crippen LogP contribution >= 0.6 is 0 Å². The van der Waals surface area contributed by atoms with E-state index in [4.69, 9.17) is 0 Å². The highest BCUT2D eigenvalue weighted by Crippen LogP contribution is 2.17. The van der Waals surface area contributed by atoms with Gasteiger partial charge in [0.05, 0.1) is 0 Å². The van der Waals surface area contributed by atoms with Crippen molar-refractivity contribution in [2.45, 2.75) is 6.54 Å². The third-order valence-electron chi connectivity index (χ3n) is 3.26. The third-order valence-corrected chi connectivity index (χ3v) is 3.26. The number of aryl methyl sites for hydroxylation is 1. The maximum absolute atomic E-state index is 12.0. The molecule has 1 N–H and O–H groups in total. The van der Waals surface area contributed by atoms with Crippen LogP contribution in [0.15, 0.2) is 20.4 Å². The molecule has 8 heteroatoms. The first-order valence-electron chi connectivity index (χ1n) is 5.55. The summed E-state index contributed by atoms with van der Waals surface area (Å²) >= 11 is 0. The molecule has 8 nitrogen and oxygen atoms in total. The van der Waals surface area contributed by atoms with E-state index in [0.717, 1.165) is 4.57 Å². The largest absolute Gasteiger partial charge is 0.332 e. The molecule has 98 valence electrons. The Balaban J connectivity index is 2.69. The van der Waals surface area contributed by atoms with Gasteiger partial charge in [-0.2, -0.15) is 0 Å². The van der Waals surface area contributed by atoms with Gasteiger partial charge in [0.1, 0.15) is 23.4 Å². The highest BCUT2D eigenvalue weighted by atomic mass is 16.2. The van der Waals surface area contributed by atoms with Crippen LogP contribution in [0.3, 0.4) is 0 Å². The SMILES string of the molecule is Cn1c(=O)c2c(=O)cc3n(c2n(C)c1=O)CC(=O)N3. The van der Waals surface area contributed by atoms with Crippen molar-refractivity contribution in [1.29, 1.82) is 0 Å². The van der Waals surface area contributed by atoms with Gasteiger partial charge in [0.15, 0.2) is 5.43 Å².